The summed E-state index contributed by atoms with van der Waals surface area (Å²) in [5.74, 6) is -0.355. The van der Waals surface area contributed by atoms with Crippen LogP contribution in [0.1, 0.15) is 27.2 Å². The molecule has 1 aliphatic rings. The van der Waals surface area contributed by atoms with Crippen LogP contribution in [0.15, 0.2) is 24.3 Å². The molecule has 17 heavy (non-hydrogen) atoms. The maximum absolute atomic E-state index is 13.1. The topological polar surface area (TPSA) is 32.3 Å². The van der Waals surface area contributed by atoms with Crippen LogP contribution in [0.2, 0.25) is 0 Å². The number of nitrogens with zero attached hydrogens (tertiary/aromatic N) is 1. The summed E-state index contributed by atoms with van der Waals surface area (Å²) in [7, 11) is 0. The van der Waals surface area contributed by atoms with Gasteiger partial charge in [0.15, 0.2) is 0 Å². The van der Waals surface area contributed by atoms with E-state index in [0.717, 1.165) is 0 Å². The number of halogens is 1. The van der Waals surface area contributed by atoms with Crippen molar-refractivity contribution in [2.45, 2.75) is 33.2 Å². The molecule has 1 atom stereocenters. The summed E-state index contributed by atoms with van der Waals surface area (Å²) in [6.07, 6.45) is 0.444. The molecule has 0 radical (unpaired) electrons. The van der Waals surface area contributed by atoms with Crippen molar-refractivity contribution in [3.05, 3.63) is 30.1 Å². The van der Waals surface area contributed by atoms with Crippen LogP contribution in [0.5, 0.6) is 0 Å². The van der Waals surface area contributed by atoms with E-state index in [1.165, 1.54) is 17.1 Å². The fourth-order valence-electron chi connectivity index (χ4n) is 1.87. The summed E-state index contributed by atoms with van der Waals surface area (Å²) in [4.78, 5) is 11.9. The lowest BCUT2D eigenvalue weighted by Gasteiger charge is -2.27. The van der Waals surface area contributed by atoms with Gasteiger partial charge in [0.05, 0.1) is 5.69 Å². The molecule has 3 nitrogen and oxygen atoms in total. The summed E-state index contributed by atoms with van der Waals surface area (Å²) in [6.45, 7) is 6.23. The summed E-state index contributed by atoms with van der Waals surface area (Å²) in [6, 6.07) is 6.13. The molecule has 92 valence electrons. The van der Waals surface area contributed by atoms with Crippen molar-refractivity contribution in [3.63, 3.8) is 0 Å². The first kappa shape index (κ1) is 12.0. The first-order valence-corrected chi connectivity index (χ1v) is 5.72. The number of carbonyl (C=O) groups excluding carboxylic acids is 1. The van der Waals surface area contributed by atoms with Crippen LogP contribution in [-0.2, 0) is 4.79 Å². The molecule has 1 N–H and O–H groups in total. The Morgan fingerprint density at radius 3 is 2.65 bits per heavy atom. The van der Waals surface area contributed by atoms with E-state index in [1.807, 2.05) is 0 Å². The lowest BCUT2D eigenvalue weighted by molar-refractivity contribution is -0.117. The number of amides is 1. The van der Waals surface area contributed by atoms with Gasteiger partial charge >= 0.3 is 0 Å². The fourth-order valence-corrected chi connectivity index (χ4v) is 1.87. The lowest BCUT2D eigenvalue weighted by atomic mass is 9.86. The van der Waals surface area contributed by atoms with Gasteiger partial charge in [0.1, 0.15) is 5.82 Å². The molecule has 0 spiro atoms. The summed E-state index contributed by atoms with van der Waals surface area (Å²) >= 11 is 0. The van der Waals surface area contributed by atoms with E-state index >= 15 is 0 Å². The van der Waals surface area contributed by atoms with Crippen molar-refractivity contribution >= 4 is 11.6 Å². The van der Waals surface area contributed by atoms with Crippen LogP contribution in [0.25, 0.3) is 0 Å². The van der Waals surface area contributed by atoms with Crippen molar-refractivity contribution in [1.29, 1.82) is 0 Å². The average molecular weight is 236 g/mol. The maximum Gasteiger partial charge on any atom is 0.243 e. The number of carbonyl (C=O) groups is 1. The predicted molar refractivity (Wildman–Crippen MR) is 64.9 cm³/mol. The van der Waals surface area contributed by atoms with Gasteiger partial charge in [-0.25, -0.2) is 14.8 Å². The summed E-state index contributed by atoms with van der Waals surface area (Å²) in [5, 5.41) is 1.44. The maximum atomic E-state index is 13.1. The van der Waals surface area contributed by atoms with Crippen LogP contribution in [0.3, 0.4) is 0 Å². The van der Waals surface area contributed by atoms with Gasteiger partial charge in [-0.1, -0.05) is 26.8 Å². The molecule has 4 heteroatoms. The molecule has 1 saturated heterocycles. The van der Waals surface area contributed by atoms with Crippen LogP contribution in [0, 0.1) is 11.2 Å². The molecule has 1 aromatic rings. The van der Waals surface area contributed by atoms with Gasteiger partial charge in [-0.05, 0) is 23.6 Å². The van der Waals surface area contributed by atoms with Gasteiger partial charge in [0, 0.05) is 12.5 Å². The molecule has 1 aromatic carbocycles. The highest BCUT2D eigenvalue weighted by Crippen LogP contribution is 2.29. The quantitative estimate of drug-likeness (QED) is 0.812. The highest BCUT2D eigenvalue weighted by molar-refractivity contribution is 5.95. The van der Waals surface area contributed by atoms with Crippen LogP contribution >= 0.6 is 0 Å². The zero-order valence-corrected chi connectivity index (χ0v) is 10.3. The van der Waals surface area contributed by atoms with E-state index in [9.17, 15) is 9.18 Å². The van der Waals surface area contributed by atoms with Crippen molar-refractivity contribution in [2.24, 2.45) is 5.41 Å². The molecule has 0 aliphatic carbocycles. The summed E-state index contributed by atoms with van der Waals surface area (Å²) in [5.41, 5.74) is 3.70. The third-order valence-electron chi connectivity index (χ3n) is 3.02. The number of hydrogen-bond donors (Lipinski definition) is 1. The minimum Gasteiger partial charge on any atom is -0.273 e. The second kappa shape index (κ2) is 4.11. The standard InChI is InChI=1S/C13H17FN2O/c1-13(2,3)11-8-12(17)16(15-11)10-6-4-5-9(14)7-10/h4-7,11,15H,8H2,1-3H3. The lowest BCUT2D eigenvalue weighted by Crippen LogP contribution is -2.42. The second-order valence-corrected chi connectivity index (χ2v) is 5.46. The normalized spacial score (nSPS) is 21.1. The van der Waals surface area contributed by atoms with Crippen LogP contribution in [-0.4, -0.2) is 11.9 Å². The number of nitrogens with one attached hydrogen (secondary N) is 1. The van der Waals surface area contributed by atoms with Crippen LogP contribution < -0.4 is 10.4 Å². The van der Waals surface area contributed by atoms with Gasteiger partial charge in [-0.2, -0.15) is 0 Å². The fraction of sp³-hybridized carbons (Fsp3) is 0.462. The highest BCUT2D eigenvalue weighted by Gasteiger charge is 2.37. The van der Waals surface area contributed by atoms with E-state index < -0.39 is 0 Å². The molecule has 1 heterocycles. The van der Waals surface area contributed by atoms with Gasteiger partial charge in [0.2, 0.25) is 5.91 Å². The Morgan fingerprint density at radius 2 is 2.12 bits per heavy atom. The molecule has 1 amide bonds. The number of hydrazine groups is 1. The molecule has 2 rings (SSSR count). The Bertz CT molecular complexity index is 439. The molecule has 0 bridgehead atoms. The minimum absolute atomic E-state index is 0.00225. The Labute approximate surface area is 101 Å². The number of hydrogen-bond acceptors (Lipinski definition) is 2. The minimum atomic E-state index is -0.337. The second-order valence-electron chi connectivity index (χ2n) is 5.46. The largest absolute Gasteiger partial charge is 0.273 e. The molecule has 1 unspecified atom stereocenters. The summed E-state index contributed by atoms with van der Waals surface area (Å²) < 4.78 is 13.1. The smallest absolute Gasteiger partial charge is 0.243 e. The monoisotopic (exact) mass is 236 g/mol. The SMILES string of the molecule is CC(C)(C)C1CC(=O)N(c2cccc(F)c2)N1. The Balaban J connectivity index is 2.22. The molecular weight excluding hydrogens is 219 g/mol. The molecule has 1 fully saturated rings. The van der Waals surface area contributed by atoms with Gasteiger partial charge in [-0.15, -0.1) is 0 Å². The molecular formula is C13H17FN2O. The zero-order valence-electron chi connectivity index (χ0n) is 10.3. The third kappa shape index (κ3) is 2.47. The Hall–Kier alpha value is -1.42. The van der Waals surface area contributed by atoms with Crippen molar-refractivity contribution in [2.75, 3.05) is 5.01 Å². The first-order chi connectivity index (χ1) is 7.88. The molecule has 0 saturated carbocycles. The van der Waals surface area contributed by atoms with E-state index in [0.29, 0.717) is 12.1 Å². The van der Waals surface area contributed by atoms with Crippen molar-refractivity contribution in [3.8, 4) is 0 Å². The highest BCUT2D eigenvalue weighted by atomic mass is 19.1. The number of benzene rings is 1. The van der Waals surface area contributed by atoms with E-state index in [2.05, 4.69) is 26.2 Å². The van der Waals surface area contributed by atoms with E-state index in [1.54, 1.807) is 12.1 Å². The molecule has 0 aromatic heterocycles. The van der Waals surface area contributed by atoms with Gasteiger partial charge < -0.3 is 0 Å². The molecule has 1 aliphatic heterocycles. The van der Waals surface area contributed by atoms with Gasteiger partial charge in [0.25, 0.3) is 0 Å². The Morgan fingerprint density at radius 1 is 1.41 bits per heavy atom. The zero-order chi connectivity index (χ0) is 12.6. The average Bonchev–Trinajstić information content (AvgIpc) is 2.60. The predicted octanol–water partition coefficient (Wildman–Crippen LogP) is 2.48. The Kier molecular flexibility index (Phi) is 2.91. The third-order valence-corrected chi connectivity index (χ3v) is 3.02. The van der Waals surface area contributed by atoms with E-state index in [-0.39, 0.29) is 23.2 Å². The van der Waals surface area contributed by atoms with Crippen LogP contribution in [0.4, 0.5) is 10.1 Å². The van der Waals surface area contributed by atoms with Gasteiger partial charge in [-0.3, -0.25) is 4.79 Å². The van der Waals surface area contributed by atoms with Crippen molar-refractivity contribution < 1.29 is 9.18 Å². The first-order valence-electron chi connectivity index (χ1n) is 5.72. The number of rotatable bonds is 1. The van der Waals surface area contributed by atoms with E-state index in [4.69, 9.17) is 0 Å². The number of anilines is 1. The van der Waals surface area contributed by atoms with Crippen molar-refractivity contribution in [1.82, 2.24) is 5.43 Å².